The molecule has 0 unspecified atom stereocenters. The van der Waals surface area contributed by atoms with Crippen molar-refractivity contribution in [3.8, 4) is 0 Å². The second-order valence-corrected chi connectivity index (χ2v) is 5.94. The van der Waals surface area contributed by atoms with E-state index in [2.05, 4.69) is 19.6 Å². The van der Waals surface area contributed by atoms with Crippen LogP contribution >= 0.6 is 24.8 Å². The Morgan fingerprint density at radius 1 is 0.824 bits per heavy atom. The lowest BCUT2D eigenvalue weighted by atomic mass is 10.1. The Morgan fingerprint density at radius 2 is 1.24 bits per heavy atom. The standard InChI is InChI=1S/C15H26S2/c1-2-3-4-5-6-7-8-9-10-11-12-13-14(16)15(13)17/h16H,2-12H2,1H3. The molecule has 0 aliphatic rings. The Kier molecular flexibility index (Phi) is 8.21. The van der Waals surface area contributed by atoms with E-state index in [-0.39, 0.29) is 0 Å². The van der Waals surface area contributed by atoms with Gasteiger partial charge in [-0.1, -0.05) is 76.9 Å². The zero-order chi connectivity index (χ0) is 12.5. The lowest BCUT2D eigenvalue weighted by molar-refractivity contribution is 0.556. The molecule has 0 atom stereocenters. The van der Waals surface area contributed by atoms with Gasteiger partial charge in [-0.05, 0) is 18.4 Å². The van der Waals surface area contributed by atoms with E-state index in [1.54, 1.807) is 0 Å². The van der Waals surface area contributed by atoms with Crippen molar-refractivity contribution in [2.75, 3.05) is 0 Å². The van der Waals surface area contributed by atoms with E-state index in [0.717, 1.165) is 9.41 Å². The van der Waals surface area contributed by atoms with Crippen molar-refractivity contribution in [1.82, 2.24) is 0 Å². The van der Waals surface area contributed by atoms with Gasteiger partial charge in [0.15, 0.2) is 0 Å². The summed E-state index contributed by atoms with van der Waals surface area (Å²) < 4.78 is 1.05. The predicted molar refractivity (Wildman–Crippen MR) is 82.4 cm³/mol. The van der Waals surface area contributed by atoms with Crippen LogP contribution in [0.25, 0.3) is 0 Å². The first-order valence-electron chi connectivity index (χ1n) is 7.24. The SMILES string of the molecule is CCCCCCCCCCCCc1c(S)c1=S. The van der Waals surface area contributed by atoms with Crippen LogP contribution in [0, 0.1) is 4.51 Å². The Bertz CT molecular complexity index is 308. The molecule has 0 N–H and O–H groups in total. The summed E-state index contributed by atoms with van der Waals surface area (Å²) in [5.41, 5.74) is 1.36. The van der Waals surface area contributed by atoms with E-state index >= 15 is 0 Å². The van der Waals surface area contributed by atoms with Crippen LogP contribution in [0.3, 0.4) is 0 Å². The Morgan fingerprint density at radius 3 is 1.65 bits per heavy atom. The molecule has 0 spiro atoms. The molecule has 0 saturated carbocycles. The minimum Gasteiger partial charge on any atom is -0.142 e. The van der Waals surface area contributed by atoms with Crippen molar-refractivity contribution in [3.63, 3.8) is 0 Å². The predicted octanol–water partition coefficient (Wildman–Crippen LogP) is 6.04. The summed E-state index contributed by atoms with van der Waals surface area (Å²) in [5, 5.41) is 0. The summed E-state index contributed by atoms with van der Waals surface area (Å²) >= 11 is 9.42. The van der Waals surface area contributed by atoms with Crippen LogP contribution in [-0.4, -0.2) is 0 Å². The highest BCUT2D eigenvalue weighted by atomic mass is 32.1. The maximum atomic E-state index is 5.11. The van der Waals surface area contributed by atoms with Gasteiger partial charge in [-0.3, -0.25) is 0 Å². The molecule has 0 amide bonds. The average molecular weight is 271 g/mol. The molecule has 0 aliphatic heterocycles. The van der Waals surface area contributed by atoms with E-state index < -0.39 is 0 Å². The first-order valence-corrected chi connectivity index (χ1v) is 8.09. The largest absolute Gasteiger partial charge is 0.142 e. The highest BCUT2D eigenvalue weighted by molar-refractivity contribution is 7.81. The van der Waals surface area contributed by atoms with Crippen LogP contribution < -0.4 is 0 Å². The summed E-state index contributed by atoms with van der Waals surface area (Å²) in [5.74, 6) is 0. The molecule has 0 nitrogen and oxygen atoms in total. The van der Waals surface area contributed by atoms with Crippen molar-refractivity contribution in [2.24, 2.45) is 0 Å². The normalized spacial score (nSPS) is 11.4. The number of unbranched alkanes of at least 4 members (excludes halogenated alkanes) is 9. The molecule has 0 aromatic heterocycles. The Labute approximate surface area is 117 Å². The van der Waals surface area contributed by atoms with E-state index in [4.69, 9.17) is 12.2 Å². The highest BCUT2D eigenvalue weighted by Gasteiger charge is 2.12. The van der Waals surface area contributed by atoms with Gasteiger partial charge in [0.2, 0.25) is 0 Å². The van der Waals surface area contributed by atoms with Gasteiger partial charge >= 0.3 is 0 Å². The second kappa shape index (κ2) is 9.16. The van der Waals surface area contributed by atoms with Crippen LogP contribution in [0.4, 0.5) is 0 Å². The van der Waals surface area contributed by atoms with Crippen molar-refractivity contribution >= 4 is 24.8 Å². The smallest absolute Gasteiger partial charge is 0.0557 e. The molecule has 0 saturated heterocycles. The first-order chi connectivity index (χ1) is 8.27. The molecule has 0 heterocycles. The Balaban J connectivity index is 1.76. The summed E-state index contributed by atoms with van der Waals surface area (Å²) in [4.78, 5) is 1.11. The monoisotopic (exact) mass is 270 g/mol. The van der Waals surface area contributed by atoms with Gasteiger partial charge in [0, 0.05) is 4.90 Å². The quantitative estimate of drug-likeness (QED) is 0.290. The summed E-state index contributed by atoms with van der Waals surface area (Å²) in [6.45, 7) is 2.28. The van der Waals surface area contributed by atoms with E-state index in [9.17, 15) is 0 Å². The summed E-state index contributed by atoms with van der Waals surface area (Å²) in [6, 6.07) is 0. The van der Waals surface area contributed by atoms with E-state index in [1.807, 2.05) is 0 Å². The highest BCUT2D eigenvalue weighted by Crippen LogP contribution is 2.29. The molecule has 0 radical (unpaired) electrons. The van der Waals surface area contributed by atoms with Gasteiger partial charge in [0.05, 0.1) is 4.51 Å². The zero-order valence-corrected chi connectivity index (χ0v) is 12.8. The van der Waals surface area contributed by atoms with E-state index in [0.29, 0.717) is 0 Å². The van der Waals surface area contributed by atoms with Gasteiger partial charge in [0.25, 0.3) is 0 Å². The maximum absolute atomic E-state index is 5.11. The molecule has 2 heteroatoms. The third-order valence-electron chi connectivity index (χ3n) is 3.49. The fraction of sp³-hybridized carbons (Fsp3) is 0.800. The molecule has 98 valence electrons. The van der Waals surface area contributed by atoms with Gasteiger partial charge in [-0.15, -0.1) is 12.6 Å². The van der Waals surface area contributed by atoms with Gasteiger partial charge in [0.1, 0.15) is 0 Å². The fourth-order valence-electron chi connectivity index (χ4n) is 2.22. The summed E-state index contributed by atoms with van der Waals surface area (Å²) in [6.07, 6.45) is 15.2. The minimum atomic E-state index is 1.05. The van der Waals surface area contributed by atoms with Crippen LogP contribution in [0.1, 0.15) is 76.7 Å². The number of hydrogen-bond acceptors (Lipinski definition) is 2. The van der Waals surface area contributed by atoms with Crippen molar-refractivity contribution in [1.29, 1.82) is 0 Å². The van der Waals surface area contributed by atoms with Crippen LogP contribution in [-0.2, 0) is 6.42 Å². The lowest BCUT2D eigenvalue weighted by Gasteiger charge is -2.01. The van der Waals surface area contributed by atoms with Crippen LogP contribution in [0.15, 0.2) is 4.90 Å². The van der Waals surface area contributed by atoms with Crippen molar-refractivity contribution in [2.45, 2.75) is 82.4 Å². The molecule has 0 bridgehead atoms. The van der Waals surface area contributed by atoms with E-state index in [1.165, 1.54) is 76.2 Å². The lowest BCUT2D eigenvalue weighted by Crippen LogP contribution is -1.83. The molecule has 1 aromatic rings. The van der Waals surface area contributed by atoms with Gasteiger partial charge < -0.3 is 0 Å². The summed E-state index contributed by atoms with van der Waals surface area (Å²) in [7, 11) is 0. The maximum Gasteiger partial charge on any atom is 0.0557 e. The molecular formula is C15H26S2. The number of hydrogen-bond donors (Lipinski definition) is 1. The molecular weight excluding hydrogens is 244 g/mol. The van der Waals surface area contributed by atoms with Crippen LogP contribution in [0.2, 0.25) is 0 Å². The molecule has 1 aromatic carbocycles. The third kappa shape index (κ3) is 6.61. The Hall–Kier alpha value is 0.180. The molecule has 1 rings (SSSR count). The zero-order valence-electron chi connectivity index (χ0n) is 11.1. The van der Waals surface area contributed by atoms with Crippen molar-refractivity contribution in [3.05, 3.63) is 10.1 Å². The van der Waals surface area contributed by atoms with Crippen LogP contribution in [0.5, 0.6) is 0 Å². The van der Waals surface area contributed by atoms with Crippen molar-refractivity contribution < 1.29 is 0 Å². The number of thiol groups is 1. The molecule has 0 aliphatic carbocycles. The minimum absolute atomic E-state index is 1.05. The molecule has 0 fully saturated rings. The average Bonchev–Trinajstić information content (AvgIpc) is 2.89. The third-order valence-corrected chi connectivity index (χ3v) is 4.59. The number of rotatable bonds is 11. The first kappa shape index (κ1) is 15.2. The second-order valence-electron chi connectivity index (χ2n) is 5.09. The fourth-order valence-corrected chi connectivity index (χ4v) is 2.87. The molecule has 17 heavy (non-hydrogen) atoms. The van der Waals surface area contributed by atoms with Gasteiger partial charge in [-0.25, -0.2) is 0 Å². The topological polar surface area (TPSA) is 0 Å². The van der Waals surface area contributed by atoms with Gasteiger partial charge in [-0.2, -0.15) is 0 Å².